The molecule has 27 heavy (non-hydrogen) atoms. The van der Waals surface area contributed by atoms with Crippen molar-refractivity contribution in [1.29, 1.82) is 0 Å². The van der Waals surface area contributed by atoms with Crippen LogP contribution < -0.4 is 10.6 Å². The Bertz CT molecular complexity index is 565. The number of thioether (sulfide) groups is 1. The van der Waals surface area contributed by atoms with Gasteiger partial charge in [-0.3, -0.25) is 9.69 Å². The molecular weight excluding hydrogens is 425 g/mol. The molecule has 1 amide bonds. The number of halogens is 3. The van der Waals surface area contributed by atoms with E-state index in [4.69, 9.17) is 11.6 Å². The van der Waals surface area contributed by atoms with E-state index >= 15 is 0 Å². The fourth-order valence-electron chi connectivity index (χ4n) is 3.52. The number of amides is 1. The molecule has 4 nitrogen and oxygen atoms in total. The van der Waals surface area contributed by atoms with Crippen molar-refractivity contribution in [2.45, 2.75) is 31.8 Å². The van der Waals surface area contributed by atoms with Crippen molar-refractivity contribution in [3.63, 3.8) is 0 Å². The molecule has 2 saturated heterocycles. The van der Waals surface area contributed by atoms with Gasteiger partial charge in [0.25, 0.3) is 0 Å². The molecule has 0 aliphatic carbocycles. The summed E-state index contributed by atoms with van der Waals surface area (Å²) in [5.41, 5.74) is 1.20. The summed E-state index contributed by atoms with van der Waals surface area (Å²) in [6.45, 7) is 4.91. The Balaban J connectivity index is 0.00000182. The van der Waals surface area contributed by atoms with E-state index < -0.39 is 0 Å². The fraction of sp³-hybridized carbons (Fsp3) is 0.632. The van der Waals surface area contributed by atoms with E-state index in [-0.39, 0.29) is 30.7 Å². The molecule has 0 spiro atoms. The molecule has 8 heteroatoms. The van der Waals surface area contributed by atoms with Gasteiger partial charge in [-0.2, -0.15) is 11.8 Å². The molecule has 1 unspecified atom stereocenters. The Labute approximate surface area is 184 Å². The standard InChI is InChI=1S/C19H28ClN3OS.2ClH/c20-18-4-2-1-3-16(18)13-23-8-5-15(6-9-23)12-22-19(24)11-17-14-25-10-7-21-17;;/h1-4,15,17,21H,5-14H2,(H,22,24);2*1H. The molecule has 1 atom stereocenters. The zero-order valence-electron chi connectivity index (χ0n) is 15.5. The highest BCUT2D eigenvalue weighted by Crippen LogP contribution is 2.22. The lowest BCUT2D eigenvalue weighted by Crippen LogP contribution is -2.43. The Morgan fingerprint density at radius 1 is 1.26 bits per heavy atom. The van der Waals surface area contributed by atoms with E-state index in [2.05, 4.69) is 21.6 Å². The van der Waals surface area contributed by atoms with Gasteiger partial charge in [0.1, 0.15) is 0 Å². The van der Waals surface area contributed by atoms with Gasteiger partial charge in [0.2, 0.25) is 5.91 Å². The predicted molar refractivity (Wildman–Crippen MR) is 121 cm³/mol. The van der Waals surface area contributed by atoms with Crippen LogP contribution in [0, 0.1) is 5.92 Å². The van der Waals surface area contributed by atoms with Crippen LogP contribution in [-0.4, -0.2) is 54.5 Å². The van der Waals surface area contributed by atoms with Gasteiger partial charge in [-0.15, -0.1) is 24.8 Å². The molecule has 1 aromatic carbocycles. The average Bonchev–Trinajstić information content (AvgIpc) is 2.64. The van der Waals surface area contributed by atoms with Crippen LogP contribution in [0.25, 0.3) is 0 Å². The molecule has 0 radical (unpaired) electrons. The van der Waals surface area contributed by atoms with Crippen molar-refractivity contribution in [2.75, 3.05) is 37.7 Å². The number of nitrogens with one attached hydrogen (secondary N) is 2. The molecule has 1 aromatic rings. The third kappa shape index (κ3) is 8.38. The smallest absolute Gasteiger partial charge is 0.221 e. The van der Waals surface area contributed by atoms with Crippen molar-refractivity contribution >= 4 is 54.1 Å². The molecule has 3 rings (SSSR count). The largest absolute Gasteiger partial charge is 0.356 e. The predicted octanol–water partition coefficient (Wildman–Crippen LogP) is 3.61. The summed E-state index contributed by atoms with van der Waals surface area (Å²) < 4.78 is 0. The minimum Gasteiger partial charge on any atom is -0.356 e. The quantitative estimate of drug-likeness (QED) is 0.689. The van der Waals surface area contributed by atoms with Crippen molar-refractivity contribution in [3.05, 3.63) is 34.9 Å². The van der Waals surface area contributed by atoms with Crippen molar-refractivity contribution in [1.82, 2.24) is 15.5 Å². The van der Waals surface area contributed by atoms with Crippen LogP contribution in [-0.2, 0) is 11.3 Å². The molecule has 2 N–H and O–H groups in total. The van der Waals surface area contributed by atoms with Crippen LogP contribution in [0.15, 0.2) is 24.3 Å². The summed E-state index contributed by atoms with van der Waals surface area (Å²) in [7, 11) is 0. The lowest BCUT2D eigenvalue weighted by atomic mass is 9.96. The van der Waals surface area contributed by atoms with E-state index in [0.717, 1.165) is 62.1 Å². The van der Waals surface area contributed by atoms with Gasteiger partial charge in [0, 0.05) is 48.6 Å². The lowest BCUT2D eigenvalue weighted by molar-refractivity contribution is -0.121. The maximum atomic E-state index is 12.1. The Kier molecular flexibility index (Phi) is 12.1. The van der Waals surface area contributed by atoms with E-state index in [1.54, 1.807) is 0 Å². The van der Waals surface area contributed by atoms with Gasteiger partial charge in [-0.25, -0.2) is 0 Å². The first-order chi connectivity index (χ1) is 12.2. The molecule has 154 valence electrons. The second kappa shape index (κ2) is 13.1. The van der Waals surface area contributed by atoms with Gasteiger partial charge in [-0.1, -0.05) is 29.8 Å². The summed E-state index contributed by atoms with van der Waals surface area (Å²) in [6, 6.07) is 8.42. The normalized spacial score (nSPS) is 21.0. The first kappa shape index (κ1) is 24.9. The van der Waals surface area contributed by atoms with Crippen LogP contribution in [0.5, 0.6) is 0 Å². The lowest BCUT2D eigenvalue weighted by Gasteiger charge is -2.32. The first-order valence-corrected chi connectivity index (χ1v) is 10.8. The van der Waals surface area contributed by atoms with Crippen molar-refractivity contribution < 1.29 is 4.79 Å². The van der Waals surface area contributed by atoms with Crippen molar-refractivity contribution in [2.24, 2.45) is 5.92 Å². The molecule has 2 aliphatic rings. The Hall–Kier alpha value is -0.170. The maximum Gasteiger partial charge on any atom is 0.221 e. The number of nitrogens with zero attached hydrogens (tertiary/aromatic N) is 1. The number of rotatable bonds is 6. The minimum absolute atomic E-state index is 0. The van der Waals surface area contributed by atoms with E-state index in [1.807, 2.05) is 30.0 Å². The Morgan fingerprint density at radius 3 is 2.67 bits per heavy atom. The number of hydrogen-bond donors (Lipinski definition) is 2. The SMILES string of the molecule is Cl.Cl.O=C(CC1CSCCN1)NCC1CCN(Cc2ccccc2Cl)CC1. The van der Waals surface area contributed by atoms with Gasteiger partial charge >= 0.3 is 0 Å². The third-order valence-electron chi connectivity index (χ3n) is 5.08. The molecule has 2 aliphatic heterocycles. The van der Waals surface area contributed by atoms with Crippen LogP contribution in [0.4, 0.5) is 0 Å². The fourth-order valence-corrected chi connectivity index (χ4v) is 4.67. The number of benzene rings is 1. The zero-order valence-corrected chi connectivity index (χ0v) is 18.7. The van der Waals surface area contributed by atoms with Crippen LogP contribution in [0.2, 0.25) is 5.02 Å². The highest BCUT2D eigenvalue weighted by atomic mass is 35.5. The number of carbonyl (C=O) groups excluding carboxylic acids is 1. The number of carbonyl (C=O) groups is 1. The molecular formula is C19H30Cl3N3OS. The number of piperidine rings is 1. The molecule has 2 fully saturated rings. The Morgan fingerprint density at radius 2 is 2.00 bits per heavy atom. The minimum atomic E-state index is 0. The number of hydrogen-bond acceptors (Lipinski definition) is 4. The second-order valence-corrected chi connectivity index (χ2v) is 8.60. The summed E-state index contributed by atoms with van der Waals surface area (Å²) in [4.78, 5) is 14.6. The zero-order chi connectivity index (χ0) is 17.5. The summed E-state index contributed by atoms with van der Waals surface area (Å²) in [5.74, 6) is 3.00. The highest BCUT2D eigenvalue weighted by molar-refractivity contribution is 7.99. The topological polar surface area (TPSA) is 44.4 Å². The average molecular weight is 455 g/mol. The summed E-state index contributed by atoms with van der Waals surface area (Å²) >= 11 is 8.19. The number of likely N-dealkylation sites (tertiary alicyclic amines) is 1. The third-order valence-corrected chi connectivity index (χ3v) is 6.58. The van der Waals surface area contributed by atoms with E-state index in [9.17, 15) is 4.79 Å². The van der Waals surface area contributed by atoms with Gasteiger partial charge in [-0.05, 0) is 43.5 Å². The van der Waals surface area contributed by atoms with E-state index in [0.29, 0.717) is 18.4 Å². The molecule has 2 heterocycles. The highest BCUT2D eigenvalue weighted by Gasteiger charge is 2.21. The second-order valence-electron chi connectivity index (χ2n) is 7.05. The first-order valence-electron chi connectivity index (χ1n) is 9.24. The van der Waals surface area contributed by atoms with Crippen LogP contribution in [0.1, 0.15) is 24.8 Å². The summed E-state index contributed by atoms with van der Waals surface area (Å²) in [5, 5.41) is 7.42. The van der Waals surface area contributed by atoms with Crippen molar-refractivity contribution in [3.8, 4) is 0 Å². The van der Waals surface area contributed by atoms with Crippen LogP contribution >= 0.6 is 48.2 Å². The van der Waals surface area contributed by atoms with Crippen LogP contribution in [0.3, 0.4) is 0 Å². The monoisotopic (exact) mass is 453 g/mol. The van der Waals surface area contributed by atoms with Gasteiger partial charge < -0.3 is 10.6 Å². The molecule has 0 aromatic heterocycles. The maximum absolute atomic E-state index is 12.1. The van der Waals surface area contributed by atoms with Gasteiger partial charge in [0.05, 0.1) is 0 Å². The molecule has 0 saturated carbocycles. The summed E-state index contributed by atoms with van der Waals surface area (Å²) in [6.07, 6.45) is 2.89. The van der Waals surface area contributed by atoms with Gasteiger partial charge in [0.15, 0.2) is 0 Å². The van der Waals surface area contributed by atoms with E-state index in [1.165, 1.54) is 5.56 Å². The molecule has 0 bridgehead atoms.